The number of benzene rings is 2. The molecule has 0 bridgehead atoms. The number of amides is 2. The number of piperidine rings is 1. The van der Waals surface area contributed by atoms with Crippen molar-refractivity contribution in [2.75, 3.05) is 18.4 Å². The van der Waals surface area contributed by atoms with Crippen LogP contribution in [-0.4, -0.2) is 29.8 Å². The molecule has 0 radical (unpaired) electrons. The van der Waals surface area contributed by atoms with Gasteiger partial charge in [0.2, 0.25) is 11.8 Å². The summed E-state index contributed by atoms with van der Waals surface area (Å²) in [7, 11) is 0. The number of carbonyl (C=O) groups excluding carboxylic acids is 2. The van der Waals surface area contributed by atoms with Crippen LogP contribution < -0.4 is 5.32 Å². The van der Waals surface area contributed by atoms with E-state index in [1.54, 1.807) is 4.90 Å². The second kappa shape index (κ2) is 7.89. The molecule has 1 aliphatic heterocycles. The van der Waals surface area contributed by atoms with Crippen molar-refractivity contribution >= 4 is 28.5 Å². The third-order valence-electron chi connectivity index (χ3n) is 5.31. The number of anilines is 1. The molecule has 1 atom stereocenters. The van der Waals surface area contributed by atoms with Crippen molar-refractivity contribution in [2.24, 2.45) is 5.92 Å². The minimum absolute atomic E-state index is 0.0231. The molecule has 2 heterocycles. The first-order valence-corrected chi connectivity index (χ1v) is 9.81. The molecule has 1 aromatic heterocycles. The monoisotopic (exact) mass is 376 g/mol. The minimum atomic E-state index is -0.153. The van der Waals surface area contributed by atoms with Gasteiger partial charge in [0, 0.05) is 36.1 Å². The van der Waals surface area contributed by atoms with E-state index in [0.29, 0.717) is 13.0 Å². The minimum Gasteiger partial charge on any atom is -0.456 e. The molecule has 1 aliphatic rings. The van der Waals surface area contributed by atoms with E-state index in [9.17, 15) is 9.59 Å². The standard InChI is InChI=1S/C23H24N2O3/c1-2-22(26)25-13-5-7-18(15-25)23(27)24-19-11-9-16(10-12-19)21-14-17-6-3-4-8-20(17)28-21/h3-4,6,8-12,14,18H,2,5,7,13,15H2,1H3,(H,24,27). The lowest BCUT2D eigenvalue weighted by Crippen LogP contribution is -2.43. The molecule has 4 rings (SSSR count). The fourth-order valence-electron chi connectivity index (χ4n) is 3.73. The summed E-state index contributed by atoms with van der Waals surface area (Å²) in [6, 6.07) is 17.6. The highest BCUT2D eigenvalue weighted by Gasteiger charge is 2.27. The van der Waals surface area contributed by atoms with E-state index in [0.717, 1.165) is 47.4 Å². The van der Waals surface area contributed by atoms with Crippen molar-refractivity contribution in [3.05, 3.63) is 54.6 Å². The average molecular weight is 376 g/mol. The Balaban J connectivity index is 1.42. The molecule has 1 unspecified atom stereocenters. The largest absolute Gasteiger partial charge is 0.456 e. The number of hydrogen-bond donors (Lipinski definition) is 1. The van der Waals surface area contributed by atoms with E-state index in [-0.39, 0.29) is 17.7 Å². The summed E-state index contributed by atoms with van der Waals surface area (Å²) in [5, 5.41) is 4.05. The highest BCUT2D eigenvalue weighted by Crippen LogP contribution is 2.28. The topological polar surface area (TPSA) is 62.6 Å². The molecule has 5 heteroatoms. The zero-order valence-corrected chi connectivity index (χ0v) is 16.0. The molecule has 2 amide bonds. The van der Waals surface area contributed by atoms with E-state index in [1.165, 1.54) is 0 Å². The number of likely N-dealkylation sites (tertiary alicyclic amines) is 1. The molecule has 144 valence electrons. The second-order valence-electron chi connectivity index (χ2n) is 7.25. The summed E-state index contributed by atoms with van der Waals surface area (Å²) < 4.78 is 5.89. The van der Waals surface area contributed by atoms with Crippen LogP contribution in [0, 0.1) is 5.92 Å². The number of para-hydroxylation sites is 1. The summed E-state index contributed by atoms with van der Waals surface area (Å²) in [4.78, 5) is 26.3. The van der Waals surface area contributed by atoms with Crippen LogP contribution in [0.1, 0.15) is 26.2 Å². The normalized spacial score (nSPS) is 16.9. The smallest absolute Gasteiger partial charge is 0.229 e. The Bertz CT molecular complexity index is 958. The Morgan fingerprint density at radius 3 is 2.68 bits per heavy atom. The quantitative estimate of drug-likeness (QED) is 0.719. The SMILES string of the molecule is CCC(=O)N1CCCC(C(=O)Nc2ccc(-c3cc4ccccc4o3)cc2)C1. The first-order valence-electron chi connectivity index (χ1n) is 9.81. The van der Waals surface area contributed by atoms with Gasteiger partial charge in [-0.15, -0.1) is 0 Å². The van der Waals surface area contributed by atoms with Crippen molar-refractivity contribution in [1.82, 2.24) is 4.90 Å². The summed E-state index contributed by atoms with van der Waals surface area (Å²) in [6.45, 7) is 3.12. The fourth-order valence-corrected chi connectivity index (χ4v) is 3.73. The van der Waals surface area contributed by atoms with Gasteiger partial charge in [-0.25, -0.2) is 0 Å². The molecule has 28 heavy (non-hydrogen) atoms. The maximum absolute atomic E-state index is 12.6. The van der Waals surface area contributed by atoms with Gasteiger partial charge < -0.3 is 14.6 Å². The second-order valence-corrected chi connectivity index (χ2v) is 7.25. The van der Waals surface area contributed by atoms with Gasteiger partial charge in [0.1, 0.15) is 11.3 Å². The van der Waals surface area contributed by atoms with E-state index in [1.807, 2.05) is 61.5 Å². The summed E-state index contributed by atoms with van der Waals surface area (Å²) in [6.07, 6.45) is 2.17. The molecule has 1 N–H and O–H groups in total. The fraction of sp³-hybridized carbons (Fsp3) is 0.304. The molecule has 0 spiro atoms. The summed E-state index contributed by atoms with van der Waals surface area (Å²) >= 11 is 0. The maximum Gasteiger partial charge on any atom is 0.229 e. The highest BCUT2D eigenvalue weighted by molar-refractivity contribution is 5.93. The van der Waals surface area contributed by atoms with Crippen molar-refractivity contribution in [2.45, 2.75) is 26.2 Å². The lowest BCUT2D eigenvalue weighted by Gasteiger charge is -2.31. The Kier molecular flexibility index (Phi) is 5.15. The van der Waals surface area contributed by atoms with Gasteiger partial charge in [-0.3, -0.25) is 9.59 Å². The highest BCUT2D eigenvalue weighted by atomic mass is 16.3. The molecular formula is C23H24N2O3. The van der Waals surface area contributed by atoms with Crippen LogP contribution in [0.15, 0.2) is 59.0 Å². The van der Waals surface area contributed by atoms with E-state index < -0.39 is 0 Å². The van der Waals surface area contributed by atoms with Gasteiger partial charge in [-0.1, -0.05) is 25.1 Å². The number of carbonyl (C=O) groups is 2. The van der Waals surface area contributed by atoms with Gasteiger partial charge in [-0.05, 0) is 49.2 Å². The first kappa shape index (κ1) is 18.3. The summed E-state index contributed by atoms with van der Waals surface area (Å²) in [5.41, 5.74) is 2.58. The number of furan rings is 1. The Labute approximate surface area is 164 Å². The molecule has 3 aromatic rings. The maximum atomic E-state index is 12.6. The van der Waals surface area contributed by atoms with Crippen molar-refractivity contribution < 1.29 is 14.0 Å². The zero-order chi connectivity index (χ0) is 19.5. The third-order valence-corrected chi connectivity index (χ3v) is 5.31. The van der Waals surface area contributed by atoms with Crippen LogP contribution in [0.3, 0.4) is 0 Å². The lowest BCUT2D eigenvalue weighted by atomic mass is 9.96. The number of nitrogens with zero attached hydrogens (tertiary/aromatic N) is 1. The van der Waals surface area contributed by atoms with Gasteiger partial charge in [0.15, 0.2) is 0 Å². The average Bonchev–Trinajstić information content (AvgIpc) is 3.18. The van der Waals surface area contributed by atoms with E-state index in [2.05, 4.69) is 5.32 Å². The van der Waals surface area contributed by atoms with Crippen LogP contribution in [0.2, 0.25) is 0 Å². The Hall–Kier alpha value is -3.08. The number of fused-ring (bicyclic) bond motifs is 1. The predicted molar refractivity (Wildman–Crippen MR) is 110 cm³/mol. The van der Waals surface area contributed by atoms with Crippen molar-refractivity contribution in [1.29, 1.82) is 0 Å². The predicted octanol–water partition coefficient (Wildman–Crippen LogP) is 4.69. The molecular weight excluding hydrogens is 352 g/mol. The molecule has 1 saturated heterocycles. The third kappa shape index (κ3) is 3.79. The number of hydrogen-bond acceptors (Lipinski definition) is 3. The van der Waals surface area contributed by atoms with Crippen molar-refractivity contribution in [3.8, 4) is 11.3 Å². The van der Waals surface area contributed by atoms with E-state index in [4.69, 9.17) is 4.42 Å². The van der Waals surface area contributed by atoms with Crippen LogP contribution >= 0.6 is 0 Å². The Morgan fingerprint density at radius 2 is 1.93 bits per heavy atom. The number of rotatable bonds is 4. The van der Waals surface area contributed by atoms with Gasteiger partial charge in [0.05, 0.1) is 5.92 Å². The summed E-state index contributed by atoms with van der Waals surface area (Å²) in [5.74, 6) is 0.747. The van der Waals surface area contributed by atoms with Crippen LogP contribution in [-0.2, 0) is 9.59 Å². The molecule has 2 aromatic carbocycles. The lowest BCUT2D eigenvalue weighted by molar-refractivity contribution is -0.134. The molecule has 0 aliphatic carbocycles. The van der Waals surface area contributed by atoms with Crippen LogP contribution in [0.25, 0.3) is 22.3 Å². The van der Waals surface area contributed by atoms with E-state index >= 15 is 0 Å². The van der Waals surface area contributed by atoms with Crippen LogP contribution in [0.5, 0.6) is 0 Å². The molecule has 5 nitrogen and oxygen atoms in total. The molecule has 1 fully saturated rings. The van der Waals surface area contributed by atoms with Gasteiger partial charge >= 0.3 is 0 Å². The Morgan fingerprint density at radius 1 is 1.14 bits per heavy atom. The molecule has 0 saturated carbocycles. The van der Waals surface area contributed by atoms with Gasteiger partial charge in [-0.2, -0.15) is 0 Å². The van der Waals surface area contributed by atoms with Crippen molar-refractivity contribution in [3.63, 3.8) is 0 Å². The number of nitrogens with one attached hydrogen (secondary N) is 1. The zero-order valence-electron chi connectivity index (χ0n) is 16.0. The van der Waals surface area contributed by atoms with Crippen LogP contribution in [0.4, 0.5) is 5.69 Å². The van der Waals surface area contributed by atoms with Gasteiger partial charge in [0.25, 0.3) is 0 Å². The first-order chi connectivity index (χ1) is 13.6.